The molecule has 6 aromatic rings. The molecule has 62 heavy (non-hydrogen) atoms. The third-order valence-corrected chi connectivity index (χ3v) is 15.3. The van der Waals surface area contributed by atoms with Crippen LogP contribution in [0.5, 0.6) is 5.75 Å². The molecule has 11 nitrogen and oxygen atoms in total. The lowest BCUT2D eigenvalue weighted by Crippen LogP contribution is -2.68. The fourth-order valence-electron chi connectivity index (χ4n) is 6.98. The van der Waals surface area contributed by atoms with Gasteiger partial charge in [-0.05, 0) is 102 Å². The minimum Gasteiger partial charge on any atom is -0.532 e. The normalized spacial score (nSPS) is 12.3. The molecular weight excluding hydrogens is 817 g/mol. The van der Waals surface area contributed by atoms with Crippen molar-refractivity contribution in [3.63, 3.8) is 0 Å². The average molecular weight is 873 g/mol. The first kappa shape index (κ1) is 45.4. The van der Waals surface area contributed by atoms with Crippen molar-refractivity contribution in [2.75, 3.05) is 16.8 Å². The second kappa shape index (κ2) is 17.3. The molecule has 0 aliphatic carbocycles. The van der Waals surface area contributed by atoms with Crippen molar-refractivity contribution in [3.8, 4) is 17.6 Å². The van der Waals surface area contributed by atoms with Crippen LogP contribution in [0.4, 0.5) is 25.2 Å². The zero-order chi connectivity index (χ0) is 45.3. The fraction of sp³-hybridized carbons (Fsp3) is 0.347. The molecule has 2 aromatic heterocycles. The number of ether oxygens (including phenoxy) is 3. The van der Waals surface area contributed by atoms with E-state index in [-0.39, 0.29) is 11.7 Å². The van der Waals surface area contributed by atoms with Crippen molar-refractivity contribution in [2.45, 2.75) is 105 Å². The van der Waals surface area contributed by atoms with Gasteiger partial charge in [0.05, 0.1) is 22.4 Å². The first-order chi connectivity index (χ1) is 29.0. The van der Waals surface area contributed by atoms with E-state index >= 15 is 0 Å². The molecule has 0 aliphatic heterocycles. The maximum Gasteiger partial charge on any atom is 0.426 e. The monoisotopic (exact) mass is 872 g/mol. The van der Waals surface area contributed by atoms with Crippen LogP contribution >= 0.6 is 11.3 Å². The Morgan fingerprint density at radius 3 is 1.82 bits per heavy atom. The van der Waals surface area contributed by atoms with Crippen LogP contribution in [0.25, 0.3) is 21.1 Å². The van der Waals surface area contributed by atoms with Gasteiger partial charge in [-0.2, -0.15) is 4.90 Å². The molecule has 0 spiro atoms. The number of carbonyl (C=O) groups excluding carboxylic acids is 3. The summed E-state index contributed by atoms with van der Waals surface area (Å²) in [5.41, 5.74) is -0.00464. The van der Waals surface area contributed by atoms with E-state index in [4.69, 9.17) is 23.6 Å². The fourth-order valence-corrected chi connectivity index (χ4v) is 12.4. The van der Waals surface area contributed by atoms with Gasteiger partial charge in [0.15, 0.2) is 0 Å². The molecule has 0 bridgehead atoms. The molecule has 1 N–H and O–H groups in total. The highest BCUT2D eigenvalue weighted by Gasteiger charge is 2.52. The summed E-state index contributed by atoms with van der Waals surface area (Å²) in [7, 11) is -3.22. The highest BCUT2D eigenvalue weighted by atomic mass is 32.1. The number of benzene rings is 4. The summed E-state index contributed by atoms with van der Waals surface area (Å²) >= 11 is 1.13. The van der Waals surface area contributed by atoms with Crippen LogP contribution in [-0.2, 0) is 14.2 Å². The summed E-state index contributed by atoms with van der Waals surface area (Å²) in [4.78, 5) is 46.6. The van der Waals surface area contributed by atoms with Crippen molar-refractivity contribution in [2.24, 2.45) is 0 Å². The third kappa shape index (κ3) is 10.3. The quantitative estimate of drug-likeness (QED) is 0.0949. The predicted octanol–water partition coefficient (Wildman–Crippen LogP) is 11.1. The number of para-hydroxylation sites is 1. The van der Waals surface area contributed by atoms with Crippen LogP contribution in [0.15, 0.2) is 103 Å². The second-order valence-electron chi connectivity index (χ2n) is 18.9. The number of carbonyl (C=O) groups is 3. The first-order valence-electron chi connectivity index (χ1n) is 20.5. The number of fused-ring (bicyclic) bond motifs is 2. The number of hydrogen-bond acceptors (Lipinski definition) is 10. The first-order valence-corrected chi connectivity index (χ1v) is 23.3. The Labute approximate surface area is 369 Å². The second-order valence-corrected chi connectivity index (χ2v) is 24.2. The molecule has 0 fully saturated rings. The highest BCUT2D eigenvalue weighted by molar-refractivity contribution is 7.22. The van der Waals surface area contributed by atoms with Gasteiger partial charge in [-0.1, -0.05) is 117 Å². The van der Waals surface area contributed by atoms with Crippen LogP contribution in [0.3, 0.4) is 0 Å². The summed E-state index contributed by atoms with van der Waals surface area (Å²) in [6.45, 7) is 22.7. The van der Waals surface area contributed by atoms with Crippen LogP contribution in [0.1, 0.15) is 88.6 Å². The Bertz CT molecular complexity index is 2590. The standard InChI is InChI=1S/C49H56N4O7SSi/c1-46(2,3)57-43(54)52-30-28-34-22-19-27-37(41(34)52)50-29-20-21-33-31-38(60-62(49(10,11)12,35-23-15-13-16-24-35)36-25-17-14-18-26-36)40-39(32-33)61-42(51-40)53(44(55)58-47(4,5)6)45(56)59-48(7,8)9/h13-19,22-28,30-32,50H,29H2,1-12H3. The Hall–Kier alpha value is -6.10. The summed E-state index contributed by atoms with van der Waals surface area (Å²) in [5.74, 6) is 7.02. The number of imide groups is 1. The van der Waals surface area contributed by atoms with Gasteiger partial charge >= 0.3 is 26.6 Å². The van der Waals surface area contributed by atoms with E-state index < -0.39 is 48.4 Å². The molecule has 0 atom stereocenters. The zero-order valence-corrected chi connectivity index (χ0v) is 39.4. The smallest absolute Gasteiger partial charge is 0.426 e. The van der Waals surface area contributed by atoms with Crippen molar-refractivity contribution < 1.29 is 33.0 Å². The molecule has 13 heteroatoms. The number of anilines is 2. The number of rotatable bonds is 7. The van der Waals surface area contributed by atoms with Gasteiger partial charge in [0.1, 0.15) is 28.1 Å². The van der Waals surface area contributed by atoms with Gasteiger partial charge in [0.25, 0.3) is 0 Å². The van der Waals surface area contributed by atoms with Crippen molar-refractivity contribution in [1.29, 1.82) is 0 Å². The summed E-state index contributed by atoms with van der Waals surface area (Å²) in [6, 6.07) is 31.8. The van der Waals surface area contributed by atoms with Crippen LogP contribution in [0, 0.1) is 11.8 Å². The molecule has 0 radical (unpaired) electrons. The van der Waals surface area contributed by atoms with E-state index in [0.717, 1.165) is 37.7 Å². The minimum absolute atomic E-state index is 0.0589. The molecule has 2 amide bonds. The Balaban J connectivity index is 1.49. The molecule has 0 unspecified atom stereocenters. The Morgan fingerprint density at radius 2 is 1.29 bits per heavy atom. The average Bonchev–Trinajstić information content (AvgIpc) is 3.79. The van der Waals surface area contributed by atoms with Gasteiger partial charge in [0, 0.05) is 17.1 Å². The molecule has 6 rings (SSSR count). The molecule has 0 saturated carbocycles. The summed E-state index contributed by atoms with van der Waals surface area (Å²) < 4.78 is 26.8. The number of thiazole rings is 1. The maximum atomic E-state index is 13.8. The van der Waals surface area contributed by atoms with Crippen molar-refractivity contribution in [3.05, 3.63) is 109 Å². The minimum atomic E-state index is -3.22. The maximum absolute atomic E-state index is 13.8. The molecular formula is C49H56N4O7SSi. The molecule has 2 heterocycles. The van der Waals surface area contributed by atoms with Crippen LogP contribution in [-0.4, -0.2) is 59.5 Å². The molecule has 0 aliphatic rings. The van der Waals surface area contributed by atoms with E-state index in [1.807, 2.05) is 93.6 Å². The van der Waals surface area contributed by atoms with E-state index in [2.05, 4.69) is 62.2 Å². The van der Waals surface area contributed by atoms with E-state index in [9.17, 15) is 14.4 Å². The van der Waals surface area contributed by atoms with E-state index in [1.54, 1.807) is 47.7 Å². The number of hydrogen-bond donors (Lipinski definition) is 1. The van der Waals surface area contributed by atoms with Crippen LogP contribution < -0.4 is 25.0 Å². The summed E-state index contributed by atoms with van der Waals surface area (Å²) in [6.07, 6.45) is -0.609. The van der Waals surface area contributed by atoms with Gasteiger partial charge in [-0.3, -0.25) is 4.57 Å². The predicted molar refractivity (Wildman–Crippen MR) is 252 cm³/mol. The third-order valence-electron chi connectivity index (χ3n) is 9.37. The molecule has 4 aromatic carbocycles. The van der Waals surface area contributed by atoms with Gasteiger partial charge in [0.2, 0.25) is 5.13 Å². The number of amides is 2. The highest BCUT2D eigenvalue weighted by Crippen LogP contribution is 2.42. The lowest BCUT2D eigenvalue weighted by Gasteiger charge is -2.43. The molecule has 0 saturated heterocycles. The number of nitrogens with zero attached hydrogens (tertiary/aromatic N) is 3. The number of nitrogens with one attached hydrogen (secondary N) is 1. The number of aromatic nitrogens is 2. The van der Waals surface area contributed by atoms with Gasteiger partial charge in [-0.25, -0.2) is 19.4 Å². The Morgan fingerprint density at radius 1 is 0.726 bits per heavy atom. The van der Waals surface area contributed by atoms with Gasteiger partial charge < -0.3 is 24.0 Å². The SMILES string of the molecule is CC(C)(C)OC(=O)N(C(=O)OC(C)(C)C)c1nc2c(O[Si](c3ccccc3)(c3ccccc3)C(C)(C)C)cc(C#CCNc3cccc4ccn(C(=O)OC(C)(C)C)c34)cc2s1. The van der Waals surface area contributed by atoms with Crippen molar-refractivity contribution >= 4 is 80.2 Å². The van der Waals surface area contributed by atoms with Gasteiger partial charge in [-0.15, -0.1) is 0 Å². The van der Waals surface area contributed by atoms with Crippen LogP contribution in [0.2, 0.25) is 5.04 Å². The van der Waals surface area contributed by atoms with Crippen molar-refractivity contribution in [1.82, 2.24) is 9.55 Å². The largest absolute Gasteiger partial charge is 0.532 e. The summed E-state index contributed by atoms with van der Waals surface area (Å²) in [5, 5.41) is 6.03. The zero-order valence-electron chi connectivity index (χ0n) is 37.6. The lowest BCUT2D eigenvalue weighted by atomic mass is 10.2. The lowest BCUT2D eigenvalue weighted by molar-refractivity contribution is 0.0428. The Kier molecular flexibility index (Phi) is 12.7. The van der Waals surface area contributed by atoms with E-state index in [0.29, 0.717) is 27.0 Å². The topological polar surface area (TPSA) is 121 Å². The molecule has 324 valence electrons. The van der Waals surface area contributed by atoms with E-state index in [1.165, 1.54) is 4.57 Å².